The summed E-state index contributed by atoms with van der Waals surface area (Å²) in [6, 6.07) is 6.56. The van der Waals surface area contributed by atoms with Crippen molar-refractivity contribution in [3.05, 3.63) is 58.6 Å². The number of fused-ring (bicyclic) bond motifs is 2. The number of anilines is 1. The van der Waals surface area contributed by atoms with Crippen molar-refractivity contribution in [1.82, 2.24) is 0 Å². The number of nitrogens with one attached hydrogen (secondary N) is 1. The van der Waals surface area contributed by atoms with E-state index in [2.05, 4.69) is 5.32 Å². The smallest absolute Gasteiger partial charge is 0.255 e. The van der Waals surface area contributed by atoms with Crippen LogP contribution in [0.3, 0.4) is 0 Å². The molecule has 2 aliphatic carbocycles. The van der Waals surface area contributed by atoms with Crippen molar-refractivity contribution < 1.29 is 37.3 Å². The average Bonchev–Trinajstić information content (AvgIpc) is 2.97. The lowest BCUT2D eigenvalue weighted by Gasteiger charge is -2.44. The van der Waals surface area contributed by atoms with E-state index >= 15 is 0 Å². The zero-order valence-corrected chi connectivity index (χ0v) is 19.5. The van der Waals surface area contributed by atoms with E-state index in [1.165, 1.54) is 18.2 Å². The third-order valence-electron chi connectivity index (χ3n) is 7.09. The number of rotatable bonds is 6. The molecule has 2 aromatic carbocycles. The summed E-state index contributed by atoms with van der Waals surface area (Å²) in [5.41, 5.74) is -1.59. The lowest BCUT2D eigenvalue weighted by Crippen LogP contribution is -2.56. The van der Waals surface area contributed by atoms with Gasteiger partial charge in [-0.15, -0.1) is 0 Å². The zero-order valence-electron chi connectivity index (χ0n) is 17.9. The number of amides is 1. The van der Waals surface area contributed by atoms with Crippen molar-refractivity contribution >= 4 is 33.0 Å². The van der Waals surface area contributed by atoms with Gasteiger partial charge in [-0.05, 0) is 67.9 Å². The number of hydrogen-bond acceptors (Lipinski definition) is 6. The topological polar surface area (TPSA) is 124 Å². The third kappa shape index (κ3) is 4.22. The lowest BCUT2D eigenvalue weighted by atomic mass is 9.71. The van der Waals surface area contributed by atoms with Crippen LogP contribution in [-0.2, 0) is 9.84 Å². The van der Waals surface area contributed by atoms with E-state index in [0.717, 1.165) is 18.2 Å². The predicted octanol–water partition coefficient (Wildman–Crippen LogP) is 2.92. The number of aliphatic hydroxyl groups excluding tert-OH is 2. The summed E-state index contributed by atoms with van der Waals surface area (Å²) in [5.74, 6) is -3.96. The molecular weight excluding hydrogens is 492 g/mol. The molecule has 4 N–H and O–H groups in total. The number of halogens is 3. The Morgan fingerprint density at radius 1 is 1.12 bits per heavy atom. The molecule has 2 aromatic rings. The number of carbonyl (C=O) groups excluding carboxylic acids is 1. The van der Waals surface area contributed by atoms with E-state index in [1.54, 1.807) is 0 Å². The monoisotopic (exact) mass is 515 g/mol. The van der Waals surface area contributed by atoms with E-state index in [4.69, 9.17) is 11.6 Å². The van der Waals surface area contributed by atoms with Crippen LogP contribution in [0, 0.1) is 23.5 Å². The van der Waals surface area contributed by atoms with Crippen molar-refractivity contribution in [3.63, 3.8) is 0 Å². The van der Waals surface area contributed by atoms with Crippen LogP contribution in [0.5, 0.6) is 0 Å². The van der Waals surface area contributed by atoms with Crippen LogP contribution in [0.1, 0.15) is 36.0 Å². The fourth-order valence-corrected chi connectivity index (χ4v) is 7.71. The molecule has 0 aromatic heterocycles. The van der Waals surface area contributed by atoms with E-state index in [0.29, 0.717) is 12.8 Å². The second kappa shape index (κ2) is 9.16. The van der Waals surface area contributed by atoms with Crippen molar-refractivity contribution in [2.24, 2.45) is 11.8 Å². The Morgan fingerprint density at radius 3 is 2.35 bits per heavy atom. The molecule has 0 heterocycles. The Bertz CT molecular complexity index is 1210. The van der Waals surface area contributed by atoms with Gasteiger partial charge in [-0.2, -0.15) is 0 Å². The van der Waals surface area contributed by atoms with Crippen molar-refractivity contribution in [1.29, 1.82) is 0 Å². The minimum atomic E-state index is -4.02. The van der Waals surface area contributed by atoms with Crippen LogP contribution in [0.4, 0.5) is 14.5 Å². The molecule has 0 radical (unpaired) electrons. The fourth-order valence-electron chi connectivity index (χ4n) is 5.31. The van der Waals surface area contributed by atoms with Crippen LogP contribution in [0.25, 0.3) is 0 Å². The molecule has 3 unspecified atom stereocenters. The summed E-state index contributed by atoms with van der Waals surface area (Å²) in [5, 5.41) is 31.9. The Hall–Kier alpha value is -2.11. The number of benzene rings is 2. The molecule has 1 amide bonds. The Kier molecular flexibility index (Phi) is 6.73. The molecule has 34 heavy (non-hydrogen) atoms. The summed E-state index contributed by atoms with van der Waals surface area (Å²) >= 11 is 6.20. The standard InChI is InChI=1S/C23H24ClF2NO6S/c24-17-5-1-12(22(30)27-15-4-6-18(25)19(26)10-15)7-20(17)34(32,33)16-8-13-2-3-14(9-16)23(13,31)21(29)11-28/h1,4-7,10,13-14,16,21,28-29,31H,2-3,8-9,11H2,(H,27,30)/t13-,14?,16?,21+,23?/m0/s1. The maximum atomic E-state index is 13.5. The van der Waals surface area contributed by atoms with Crippen molar-refractivity contribution in [2.75, 3.05) is 11.9 Å². The number of hydrogen-bond donors (Lipinski definition) is 4. The van der Waals surface area contributed by atoms with Gasteiger partial charge in [0.2, 0.25) is 0 Å². The van der Waals surface area contributed by atoms with Crippen LogP contribution >= 0.6 is 11.6 Å². The summed E-state index contributed by atoms with van der Waals surface area (Å²) in [4.78, 5) is 12.4. The average molecular weight is 516 g/mol. The SMILES string of the molecule is O=C(Nc1ccc(F)c(F)c1)c1ccc(Cl)c(S(=O)(=O)C2CC3CC[C@@H](C2)C3(O)[C@H](O)CO)c1. The highest BCUT2D eigenvalue weighted by molar-refractivity contribution is 7.92. The quantitative estimate of drug-likeness (QED) is 0.469. The maximum absolute atomic E-state index is 13.5. The van der Waals surface area contributed by atoms with Crippen LogP contribution in [-0.4, -0.2) is 53.2 Å². The molecule has 0 spiro atoms. The number of sulfone groups is 1. The highest BCUT2D eigenvalue weighted by atomic mass is 35.5. The summed E-state index contributed by atoms with van der Waals surface area (Å²) < 4.78 is 53.5. The molecule has 7 nitrogen and oxygen atoms in total. The fraction of sp³-hybridized carbons (Fsp3) is 0.435. The second-order valence-electron chi connectivity index (χ2n) is 8.92. The second-order valence-corrected chi connectivity index (χ2v) is 11.5. The van der Waals surface area contributed by atoms with E-state index in [9.17, 15) is 37.3 Å². The van der Waals surface area contributed by atoms with Gasteiger partial charge >= 0.3 is 0 Å². The molecule has 2 saturated carbocycles. The van der Waals surface area contributed by atoms with Crippen molar-refractivity contribution in [3.8, 4) is 0 Å². The Labute approximate surface area is 200 Å². The van der Waals surface area contributed by atoms with Gasteiger partial charge in [0.25, 0.3) is 5.91 Å². The summed E-state index contributed by atoms with van der Waals surface area (Å²) in [6.07, 6.45) is -0.161. The van der Waals surface area contributed by atoms with Crippen LogP contribution < -0.4 is 5.32 Å². The molecule has 0 aliphatic heterocycles. The largest absolute Gasteiger partial charge is 0.394 e. The normalized spacial score (nSPS) is 27.4. The van der Waals surface area contributed by atoms with E-state index < -0.39 is 62.8 Å². The number of aliphatic hydroxyl groups is 3. The third-order valence-corrected chi connectivity index (χ3v) is 9.74. The lowest BCUT2D eigenvalue weighted by molar-refractivity contribution is -0.154. The highest BCUT2D eigenvalue weighted by Crippen LogP contribution is 2.53. The summed E-state index contributed by atoms with van der Waals surface area (Å²) in [6.45, 7) is -0.623. The van der Waals surface area contributed by atoms with Gasteiger partial charge < -0.3 is 20.6 Å². The molecular formula is C23H24ClF2NO6S. The van der Waals surface area contributed by atoms with Crippen LogP contribution in [0.15, 0.2) is 41.3 Å². The van der Waals surface area contributed by atoms with Gasteiger partial charge in [-0.25, -0.2) is 17.2 Å². The number of carbonyl (C=O) groups is 1. The maximum Gasteiger partial charge on any atom is 0.255 e. The van der Waals surface area contributed by atoms with Crippen LogP contribution in [0.2, 0.25) is 5.02 Å². The van der Waals surface area contributed by atoms with Gasteiger partial charge in [-0.3, -0.25) is 4.79 Å². The first-order chi connectivity index (χ1) is 16.0. The molecule has 4 rings (SSSR count). The molecule has 2 bridgehead atoms. The van der Waals surface area contributed by atoms with E-state index in [1.807, 2.05) is 0 Å². The summed E-state index contributed by atoms with van der Waals surface area (Å²) in [7, 11) is -4.02. The molecule has 184 valence electrons. The molecule has 11 heteroatoms. The highest BCUT2D eigenvalue weighted by Gasteiger charge is 2.58. The predicted molar refractivity (Wildman–Crippen MR) is 120 cm³/mol. The Morgan fingerprint density at radius 2 is 1.76 bits per heavy atom. The van der Waals surface area contributed by atoms with Gasteiger partial charge in [0.05, 0.1) is 27.4 Å². The van der Waals surface area contributed by atoms with Gasteiger partial charge in [-0.1, -0.05) is 11.6 Å². The van der Waals surface area contributed by atoms with E-state index in [-0.39, 0.29) is 34.0 Å². The minimum absolute atomic E-state index is 0.00570. The first-order valence-electron chi connectivity index (χ1n) is 10.8. The minimum Gasteiger partial charge on any atom is -0.394 e. The van der Waals surface area contributed by atoms with Gasteiger partial charge in [0.1, 0.15) is 6.10 Å². The molecule has 2 aliphatic rings. The zero-order chi connectivity index (χ0) is 24.8. The first-order valence-corrected chi connectivity index (χ1v) is 12.7. The molecule has 2 fully saturated rings. The van der Waals surface area contributed by atoms with Gasteiger partial charge in [0.15, 0.2) is 21.5 Å². The van der Waals surface area contributed by atoms with Crippen molar-refractivity contribution in [2.45, 2.75) is 47.5 Å². The Balaban J connectivity index is 1.59. The molecule has 5 atom stereocenters. The molecule has 0 saturated heterocycles. The van der Waals surface area contributed by atoms with Gasteiger partial charge in [0, 0.05) is 17.3 Å². The first kappa shape index (κ1) is 25.0.